The number of halogens is 2. The van der Waals surface area contributed by atoms with Gasteiger partial charge in [-0.25, -0.2) is 14.4 Å². The summed E-state index contributed by atoms with van der Waals surface area (Å²) in [7, 11) is 0. The summed E-state index contributed by atoms with van der Waals surface area (Å²) in [5.74, 6) is 3.03. The van der Waals surface area contributed by atoms with Gasteiger partial charge < -0.3 is 19.3 Å². The Morgan fingerprint density at radius 1 is 1.14 bits per heavy atom. The average molecular weight is 503 g/mol. The summed E-state index contributed by atoms with van der Waals surface area (Å²) < 4.78 is 25.7. The van der Waals surface area contributed by atoms with E-state index in [1.54, 1.807) is 29.4 Å². The Morgan fingerprint density at radius 3 is 2.60 bits per heavy atom. The lowest BCUT2D eigenvalue weighted by Crippen LogP contribution is -2.41. The highest BCUT2D eigenvalue weighted by molar-refractivity contribution is 6.30. The number of hydrogen-bond donors (Lipinski definition) is 0. The maximum absolute atomic E-state index is 14.6. The van der Waals surface area contributed by atoms with Crippen LogP contribution < -0.4 is 9.64 Å². The predicted octanol–water partition coefficient (Wildman–Crippen LogP) is 3.99. The Kier molecular flexibility index (Phi) is 7.68. The van der Waals surface area contributed by atoms with Crippen LogP contribution in [-0.4, -0.2) is 66.8 Å². The summed E-state index contributed by atoms with van der Waals surface area (Å²) in [5.41, 5.74) is 0.409. The normalized spacial score (nSPS) is 22.8. The standard InChI is InChI=1S/C26H32ClFN4O3/c27-21-16-29-26(30-17-21)32-6-3-18(4-7-32)23-13-19(23)5-10-35-22-2-1-20(24(28)15-22)14-25(33)31-8-11-34-12-9-31/h1-2,15-19,23H,3-14H2/t19-,23-/m1/s1. The highest BCUT2D eigenvalue weighted by atomic mass is 35.5. The third kappa shape index (κ3) is 6.22. The van der Waals surface area contributed by atoms with Crippen molar-refractivity contribution in [1.82, 2.24) is 14.9 Å². The molecule has 1 aromatic carbocycles. The van der Waals surface area contributed by atoms with Crippen molar-refractivity contribution in [3.05, 3.63) is 47.0 Å². The molecule has 188 valence electrons. The number of aromatic nitrogens is 2. The van der Waals surface area contributed by atoms with Crippen LogP contribution >= 0.6 is 11.6 Å². The fraction of sp³-hybridized carbons (Fsp3) is 0.577. The minimum absolute atomic E-state index is 0.0628. The Balaban J connectivity index is 1.02. The number of hydrogen-bond acceptors (Lipinski definition) is 6. The number of rotatable bonds is 8. The molecular weight excluding hydrogens is 471 g/mol. The van der Waals surface area contributed by atoms with E-state index in [0.29, 0.717) is 55.2 Å². The summed E-state index contributed by atoms with van der Waals surface area (Å²) in [5, 5.41) is 0.559. The average Bonchev–Trinajstić information content (AvgIpc) is 3.66. The molecule has 1 amide bonds. The second kappa shape index (κ2) is 11.1. The Labute approximate surface area is 210 Å². The fourth-order valence-corrected chi connectivity index (χ4v) is 5.45. The largest absolute Gasteiger partial charge is 0.493 e. The molecule has 2 aliphatic heterocycles. The highest BCUT2D eigenvalue weighted by Crippen LogP contribution is 2.49. The van der Waals surface area contributed by atoms with Crippen molar-refractivity contribution >= 4 is 23.5 Å². The molecule has 2 aromatic rings. The van der Waals surface area contributed by atoms with Crippen LogP contribution in [0.1, 0.15) is 31.2 Å². The maximum Gasteiger partial charge on any atom is 0.227 e. The maximum atomic E-state index is 14.6. The number of nitrogens with zero attached hydrogens (tertiary/aromatic N) is 4. The zero-order valence-corrected chi connectivity index (χ0v) is 20.6. The molecule has 0 radical (unpaired) electrons. The molecule has 7 nitrogen and oxygen atoms in total. The number of amides is 1. The van der Waals surface area contributed by atoms with Crippen LogP contribution in [0.25, 0.3) is 0 Å². The Hall–Kier alpha value is -2.45. The number of ether oxygens (including phenoxy) is 2. The van der Waals surface area contributed by atoms with Gasteiger partial charge in [-0.05, 0) is 55.1 Å². The quantitative estimate of drug-likeness (QED) is 0.543. The van der Waals surface area contributed by atoms with E-state index in [9.17, 15) is 9.18 Å². The zero-order chi connectivity index (χ0) is 24.2. The molecule has 0 N–H and O–H groups in total. The first-order chi connectivity index (χ1) is 17.1. The van der Waals surface area contributed by atoms with Crippen LogP contribution in [0.3, 0.4) is 0 Å². The minimum Gasteiger partial charge on any atom is -0.493 e. The first-order valence-corrected chi connectivity index (χ1v) is 12.9. The van der Waals surface area contributed by atoms with Gasteiger partial charge in [-0.2, -0.15) is 0 Å². The molecule has 2 atom stereocenters. The van der Waals surface area contributed by atoms with E-state index in [-0.39, 0.29) is 18.1 Å². The topological polar surface area (TPSA) is 67.8 Å². The second-order valence-corrected chi connectivity index (χ2v) is 10.2. The summed E-state index contributed by atoms with van der Waals surface area (Å²) in [6, 6.07) is 4.84. The molecule has 2 saturated heterocycles. The first kappa shape index (κ1) is 24.3. The molecule has 0 unspecified atom stereocenters. The van der Waals surface area contributed by atoms with Crippen LogP contribution in [0.15, 0.2) is 30.6 Å². The van der Waals surface area contributed by atoms with E-state index >= 15 is 0 Å². The van der Waals surface area contributed by atoms with Gasteiger partial charge in [-0.1, -0.05) is 17.7 Å². The van der Waals surface area contributed by atoms with E-state index in [1.807, 2.05) is 0 Å². The Morgan fingerprint density at radius 2 is 1.89 bits per heavy atom. The van der Waals surface area contributed by atoms with Crippen molar-refractivity contribution in [1.29, 1.82) is 0 Å². The number of anilines is 1. The van der Waals surface area contributed by atoms with Gasteiger partial charge in [0.1, 0.15) is 11.6 Å². The Bertz CT molecular complexity index is 1010. The SMILES string of the molecule is O=C(Cc1ccc(OCC[C@@H]2C[C@@H]2C2CCN(c3ncc(Cl)cn3)CC2)cc1F)N1CCOCC1. The summed E-state index contributed by atoms with van der Waals surface area (Å²) >= 11 is 5.89. The van der Waals surface area contributed by atoms with Gasteiger partial charge in [0, 0.05) is 32.2 Å². The molecule has 0 spiro atoms. The third-order valence-corrected chi connectivity index (χ3v) is 7.69. The number of morpholine rings is 1. The lowest BCUT2D eigenvalue weighted by Gasteiger charge is -2.32. The molecule has 5 rings (SSSR count). The van der Waals surface area contributed by atoms with Gasteiger partial charge in [0.2, 0.25) is 11.9 Å². The molecule has 3 fully saturated rings. The first-order valence-electron chi connectivity index (χ1n) is 12.6. The van der Waals surface area contributed by atoms with Gasteiger partial charge in [-0.15, -0.1) is 0 Å². The van der Waals surface area contributed by atoms with Gasteiger partial charge in [0.05, 0.1) is 43.7 Å². The molecule has 35 heavy (non-hydrogen) atoms. The predicted molar refractivity (Wildman–Crippen MR) is 131 cm³/mol. The molecule has 1 aliphatic carbocycles. The van der Waals surface area contributed by atoms with Crippen LogP contribution in [0.2, 0.25) is 5.02 Å². The van der Waals surface area contributed by atoms with Crippen LogP contribution in [-0.2, 0) is 16.0 Å². The lowest BCUT2D eigenvalue weighted by atomic mass is 9.90. The number of benzene rings is 1. The fourth-order valence-electron chi connectivity index (χ4n) is 5.35. The molecule has 3 heterocycles. The molecule has 1 saturated carbocycles. The monoisotopic (exact) mass is 502 g/mol. The highest BCUT2D eigenvalue weighted by Gasteiger charge is 2.43. The summed E-state index contributed by atoms with van der Waals surface area (Å²) in [6.45, 7) is 4.77. The van der Waals surface area contributed by atoms with Gasteiger partial charge in [0.25, 0.3) is 0 Å². The smallest absolute Gasteiger partial charge is 0.227 e. The third-order valence-electron chi connectivity index (χ3n) is 7.50. The van der Waals surface area contributed by atoms with Crippen LogP contribution in [0.5, 0.6) is 5.75 Å². The summed E-state index contributed by atoms with van der Waals surface area (Å²) in [4.78, 5) is 25.0. The van der Waals surface area contributed by atoms with Gasteiger partial charge in [-0.3, -0.25) is 4.79 Å². The molecule has 3 aliphatic rings. The molecule has 0 bridgehead atoms. The van der Waals surface area contributed by atoms with E-state index in [2.05, 4.69) is 14.9 Å². The zero-order valence-electron chi connectivity index (χ0n) is 19.9. The van der Waals surface area contributed by atoms with Crippen LogP contribution in [0.4, 0.5) is 10.3 Å². The van der Waals surface area contributed by atoms with Gasteiger partial charge >= 0.3 is 0 Å². The van der Waals surface area contributed by atoms with E-state index in [4.69, 9.17) is 21.1 Å². The minimum atomic E-state index is -0.384. The molecular formula is C26H32ClFN4O3. The lowest BCUT2D eigenvalue weighted by molar-refractivity contribution is -0.134. The van der Waals surface area contributed by atoms with Crippen molar-refractivity contribution in [3.63, 3.8) is 0 Å². The molecule has 9 heteroatoms. The molecule has 1 aromatic heterocycles. The van der Waals surface area contributed by atoms with Gasteiger partial charge in [0.15, 0.2) is 0 Å². The van der Waals surface area contributed by atoms with Crippen LogP contribution in [0, 0.1) is 23.6 Å². The second-order valence-electron chi connectivity index (χ2n) is 9.75. The van der Waals surface area contributed by atoms with E-state index in [1.165, 1.54) is 12.5 Å². The summed E-state index contributed by atoms with van der Waals surface area (Å²) in [6.07, 6.45) is 7.92. The van der Waals surface area contributed by atoms with E-state index in [0.717, 1.165) is 50.1 Å². The number of piperidine rings is 1. The van der Waals surface area contributed by atoms with Crippen molar-refractivity contribution in [3.8, 4) is 5.75 Å². The van der Waals surface area contributed by atoms with E-state index < -0.39 is 0 Å². The number of carbonyl (C=O) groups excluding carboxylic acids is 1. The van der Waals surface area contributed by atoms with Crippen molar-refractivity contribution in [2.24, 2.45) is 17.8 Å². The number of carbonyl (C=O) groups is 1. The van der Waals surface area contributed by atoms with Crippen molar-refractivity contribution in [2.75, 3.05) is 50.9 Å². The van der Waals surface area contributed by atoms with Crippen molar-refractivity contribution < 1.29 is 18.7 Å². The van der Waals surface area contributed by atoms with Crippen molar-refractivity contribution in [2.45, 2.75) is 32.1 Å².